The third kappa shape index (κ3) is 26.8. The summed E-state index contributed by atoms with van der Waals surface area (Å²) in [5, 5.41) is 32.7. The van der Waals surface area contributed by atoms with E-state index in [1.807, 2.05) is 7.05 Å². The summed E-state index contributed by atoms with van der Waals surface area (Å²) in [7, 11) is 1.99. The maximum absolute atomic E-state index is 9.60. The molecule has 0 aromatic rings. The van der Waals surface area contributed by atoms with E-state index in [4.69, 9.17) is 20.4 Å². The van der Waals surface area contributed by atoms with Crippen molar-refractivity contribution in [3.05, 3.63) is 24.3 Å². The van der Waals surface area contributed by atoms with Crippen LogP contribution in [0.3, 0.4) is 0 Å². The van der Waals surface area contributed by atoms with Gasteiger partial charge < -0.3 is 25.3 Å². The standard InChI is InChI=1S/C7H17NO2.2C4H6O2/c1-8(4-2-6-9)5-3-7-10;2*1-3(2)4(5)6/h9-10H,2-7H2,1H3;2*1H2,2H3,(H,5,6). The Balaban J connectivity index is -0.000000261. The number of hydrogen-bond acceptors (Lipinski definition) is 5. The van der Waals surface area contributed by atoms with Crippen LogP contribution in [-0.4, -0.2) is 70.6 Å². The summed E-state index contributed by atoms with van der Waals surface area (Å²) in [5.74, 6) is -1.87. The van der Waals surface area contributed by atoms with E-state index in [0.29, 0.717) is 0 Å². The summed E-state index contributed by atoms with van der Waals surface area (Å²) in [6, 6.07) is 0. The van der Waals surface area contributed by atoms with Crippen molar-refractivity contribution in [2.75, 3.05) is 33.4 Å². The highest BCUT2D eigenvalue weighted by Gasteiger charge is 1.95. The minimum atomic E-state index is -0.935. The summed E-state index contributed by atoms with van der Waals surface area (Å²) in [4.78, 5) is 21.3. The van der Waals surface area contributed by atoms with Gasteiger partial charge in [-0.05, 0) is 33.7 Å². The van der Waals surface area contributed by atoms with Gasteiger partial charge in [-0.15, -0.1) is 0 Å². The van der Waals surface area contributed by atoms with Crippen LogP contribution in [0.1, 0.15) is 26.7 Å². The molecule has 0 saturated carbocycles. The Morgan fingerprint density at radius 3 is 1.23 bits per heavy atom. The molecule has 4 N–H and O–H groups in total. The molecule has 130 valence electrons. The molecule has 0 rings (SSSR count). The van der Waals surface area contributed by atoms with Gasteiger partial charge in [0.25, 0.3) is 0 Å². The van der Waals surface area contributed by atoms with Crippen molar-refractivity contribution in [2.45, 2.75) is 26.7 Å². The molecule has 22 heavy (non-hydrogen) atoms. The van der Waals surface area contributed by atoms with Crippen LogP contribution in [0, 0.1) is 0 Å². The molecule has 0 unspecified atom stereocenters. The molecule has 0 atom stereocenters. The van der Waals surface area contributed by atoms with Gasteiger partial charge in [0.05, 0.1) is 0 Å². The van der Waals surface area contributed by atoms with Gasteiger partial charge >= 0.3 is 11.9 Å². The van der Waals surface area contributed by atoms with Crippen molar-refractivity contribution >= 4 is 11.9 Å². The van der Waals surface area contributed by atoms with E-state index in [9.17, 15) is 9.59 Å². The molecule has 0 aliphatic heterocycles. The van der Waals surface area contributed by atoms with E-state index in [1.165, 1.54) is 13.8 Å². The summed E-state index contributed by atoms with van der Waals surface area (Å²) >= 11 is 0. The Morgan fingerprint density at radius 2 is 1.09 bits per heavy atom. The topological polar surface area (TPSA) is 118 Å². The summed E-state index contributed by atoms with van der Waals surface area (Å²) < 4.78 is 0. The molecule has 0 bridgehead atoms. The number of carboxylic acids is 2. The average molecular weight is 319 g/mol. The van der Waals surface area contributed by atoms with Gasteiger partial charge in [-0.1, -0.05) is 13.2 Å². The molecule has 0 heterocycles. The SMILES string of the molecule is C=C(C)C(=O)O.C=C(C)C(=O)O.CN(CCCO)CCCO. The van der Waals surface area contributed by atoms with Crippen LogP contribution in [-0.2, 0) is 9.59 Å². The first-order valence-corrected chi connectivity index (χ1v) is 6.77. The molecule has 7 heteroatoms. The molecule has 0 amide bonds. The summed E-state index contributed by atoms with van der Waals surface area (Å²) in [6.07, 6.45) is 1.64. The lowest BCUT2D eigenvalue weighted by atomic mass is 10.3. The third-order valence-electron chi connectivity index (χ3n) is 2.13. The number of carboxylic acid groups (broad SMARTS) is 2. The van der Waals surface area contributed by atoms with Gasteiger partial charge in [0.1, 0.15) is 0 Å². The largest absolute Gasteiger partial charge is 0.478 e. The molecule has 7 nitrogen and oxygen atoms in total. The van der Waals surface area contributed by atoms with Gasteiger partial charge in [-0.25, -0.2) is 9.59 Å². The molecule has 0 aromatic heterocycles. The van der Waals surface area contributed by atoms with E-state index in [1.54, 1.807) is 0 Å². The zero-order chi connectivity index (χ0) is 18.1. The third-order valence-corrected chi connectivity index (χ3v) is 2.13. The first kappa shape index (κ1) is 25.3. The van der Waals surface area contributed by atoms with Gasteiger partial charge in [0.15, 0.2) is 0 Å². The molecule has 0 aliphatic carbocycles. The first-order valence-electron chi connectivity index (χ1n) is 6.77. The predicted molar refractivity (Wildman–Crippen MR) is 85.8 cm³/mol. The van der Waals surface area contributed by atoms with E-state index < -0.39 is 11.9 Å². The highest BCUT2D eigenvalue weighted by molar-refractivity contribution is 5.85. The molecule has 0 saturated heterocycles. The fourth-order valence-corrected chi connectivity index (χ4v) is 0.793. The minimum Gasteiger partial charge on any atom is -0.478 e. The number of nitrogens with zero attached hydrogens (tertiary/aromatic N) is 1. The fourth-order valence-electron chi connectivity index (χ4n) is 0.793. The lowest BCUT2D eigenvalue weighted by Crippen LogP contribution is -2.22. The van der Waals surface area contributed by atoms with Crippen molar-refractivity contribution < 1.29 is 30.0 Å². The molecule has 0 spiro atoms. The molecule has 0 aliphatic rings. The van der Waals surface area contributed by atoms with Gasteiger partial charge in [0.2, 0.25) is 0 Å². The van der Waals surface area contributed by atoms with E-state index in [2.05, 4.69) is 18.1 Å². The van der Waals surface area contributed by atoms with Gasteiger partial charge in [-0.2, -0.15) is 0 Å². The van der Waals surface area contributed by atoms with Gasteiger partial charge in [0, 0.05) is 37.4 Å². The normalized spacial score (nSPS) is 9.00. The minimum absolute atomic E-state index is 0.176. The second-order valence-corrected chi connectivity index (χ2v) is 4.63. The number of aliphatic carboxylic acids is 2. The molecule has 0 fully saturated rings. The highest BCUT2D eigenvalue weighted by atomic mass is 16.4. The van der Waals surface area contributed by atoms with E-state index in [-0.39, 0.29) is 24.4 Å². The van der Waals surface area contributed by atoms with E-state index >= 15 is 0 Å². The maximum Gasteiger partial charge on any atom is 0.330 e. The average Bonchev–Trinajstić information content (AvgIpc) is 2.43. The summed E-state index contributed by atoms with van der Waals surface area (Å²) in [6.45, 7) is 11.5. The zero-order valence-electron chi connectivity index (χ0n) is 13.7. The second kappa shape index (κ2) is 17.4. The van der Waals surface area contributed by atoms with Gasteiger partial charge in [-0.3, -0.25) is 0 Å². The monoisotopic (exact) mass is 319 g/mol. The quantitative estimate of drug-likeness (QED) is 0.492. The number of carbonyl (C=O) groups is 2. The fraction of sp³-hybridized carbons (Fsp3) is 0.600. The molecular formula is C15H29NO6. The first-order chi connectivity index (χ1) is 10.1. The number of aliphatic hydroxyl groups excluding tert-OH is 2. The zero-order valence-corrected chi connectivity index (χ0v) is 13.7. The molecule has 0 aromatic carbocycles. The van der Waals surface area contributed by atoms with Crippen LogP contribution in [0.5, 0.6) is 0 Å². The van der Waals surface area contributed by atoms with Crippen LogP contribution in [0.2, 0.25) is 0 Å². The lowest BCUT2D eigenvalue weighted by molar-refractivity contribution is -0.133. The number of rotatable bonds is 8. The van der Waals surface area contributed by atoms with Crippen LogP contribution >= 0.6 is 0 Å². The van der Waals surface area contributed by atoms with Crippen molar-refractivity contribution in [1.29, 1.82) is 0 Å². The van der Waals surface area contributed by atoms with E-state index in [0.717, 1.165) is 25.9 Å². The smallest absolute Gasteiger partial charge is 0.330 e. The molecular weight excluding hydrogens is 290 g/mol. The Labute approximate surface area is 132 Å². The lowest BCUT2D eigenvalue weighted by Gasteiger charge is -2.14. The van der Waals surface area contributed by atoms with Crippen LogP contribution in [0.15, 0.2) is 24.3 Å². The Hall–Kier alpha value is -1.70. The Bertz CT molecular complexity index is 285. The Kier molecular flexibility index (Phi) is 19.9. The van der Waals surface area contributed by atoms with Crippen molar-refractivity contribution in [1.82, 2.24) is 4.90 Å². The van der Waals surface area contributed by atoms with Crippen LogP contribution in [0.4, 0.5) is 0 Å². The van der Waals surface area contributed by atoms with Crippen LogP contribution in [0.25, 0.3) is 0 Å². The maximum atomic E-state index is 9.60. The number of aliphatic hydroxyl groups is 2. The predicted octanol–water partition coefficient (Wildman–Crippen LogP) is 0.977. The highest BCUT2D eigenvalue weighted by Crippen LogP contribution is 1.88. The summed E-state index contributed by atoms with van der Waals surface area (Å²) in [5.41, 5.74) is 0.352. The van der Waals surface area contributed by atoms with Crippen LogP contribution < -0.4 is 0 Å². The molecule has 0 radical (unpaired) electrons. The Morgan fingerprint density at radius 1 is 0.864 bits per heavy atom. The number of hydrogen-bond donors (Lipinski definition) is 4. The van der Waals surface area contributed by atoms with Crippen molar-refractivity contribution in [3.8, 4) is 0 Å². The second-order valence-electron chi connectivity index (χ2n) is 4.63. The van der Waals surface area contributed by atoms with Crippen molar-refractivity contribution in [3.63, 3.8) is 0 Å². The van der Waals surface area contributed by atoms with Crippen molar-refractivity contribution in [2.24, 2.45) is 0 Å².